The molecule has 0 atom stereocenters. The number of amides is 4. The number of aryl methyl sites for hydroxylation is 1. The summed E-state index contributed by atoms with van der Waals surface area (Å²) >= 11 is 5.99. The summed E-state index contributed by atoms with van der Waals surface area (Å²) in [5, 5.41) is 2.56. The molecule has 1 aliphatic rings. The number of hydrogen-bond acceptors (Lipinski definition) is 4. The quantitative estimate of drug-likeness (QED) is 0.664. The van der Waals surface area contributed by atoms with E-state index in [1.807, 2.05) is 0 Å². The van der Waals surface area contributed by atoms with Crippen LogP contribution in [-0.2, 0) is 9.59 Å². The summed E-state index contributed by atoms with van der Waals surface area (Å²) in [6.07, 6.45) is 1.42. The lowest BCUT2D eigenvalue weighted by atomic mass is 10.1. The average Bonchev–Trinajstić information content (AvgIpc) is 2.61. The van der Waals surface area contributed by atoms with E-state index in [9.17, 15) is 14.4 Å². The van der Waals surface area contributed by atoms with Crippen molar-refractivity contribution in [2.24, 2.45) is 0 Å². The van der Waals surface area contributed by atoms with Crippen molar-refractivity contribution < 1.29 is 19.1 Å². The zero-order valence-electron chi connectivity index (χ0n) is 14.1. The molecule has 132 valence electrons. The molecule has 2 aromatic rings. The number of nitrogens with one attached hydrogen (secondary N) is 1. The van der Waals surface area contributed by atoms with Crippen molar-refractivity contribution in [2.45, 2.75) is 6.92 Å². The topological polar surface area (TPSA) is 75.7 Å². The third kappa shape index (κ3) is 3.32. The van der Waals surface area contributed by atoms with Crippen LogP contribution in [0, 0.1) is 6.92 Å². The van der Waals surface area contributed by atoms with Gasteiger partial charge < -0.3 is 4.74 Å². The molecule has 0 unspecified atom stereocenters. The van der Waals surface area contributed by atoms with Crippen molar-refractivity contribution in [3.8, 4) is 5.75 Å². The molecule has 6 nitrogen and oxygen atoms in total. The normalized spacial score (nSPS) is 16.0. The molecule has 0 aromatic heterocycles. The number of carbonyl (C=O) groups excluding carboxylic acids is 3. The zero-order valence-corrected chi connectivity index (χ0v) is 14.8. The molecule has 4 amide bonds. The number of barbiturate groups is 1. The van der Waals surface area contributed by atoms with Gasteiger partial charge in [-0.25, -0.2) is 9.69 Å². The molecule has 3 rings (SSSR count). The van der Waals surface area contributed by atoms with E-state index >= 15 is 0 Å². The highest BCUT2D eigenvalue weighted by Gasteiger charge is 2.37. The number of halogens is 1. The van der Waals surface area contributed by atoms with E-state index in [1.54, 1.807) is 43.3 Å². The van der Waals surface area contributed by atoms with Gasteiger partial charge in [-0.15, -0.1) is 0 Å². The first kappa shape index (κ1) is 17.7. The highest BCUT2D eigenvalue weighted by Crippen LogP contribution is 2.28. The van der Waals surface area contributed by atoms with Gasteiger partial charge in [-0.05, 0) is 48.4 Å². The fourth-order valence-corrected chi connectivity index (χ4v) is 2.76. The van der Waals surface area contributed by atoms with E-state index in [4.69, 9.17) is 16.3 Å². The van der Waals surface area contributed by atoms with Gasteiger partial charge >= 0.3 is 6.03 Å². The van der Waals surface area contributed by atoms with Gasteiger partial charge in [-0.2, -0.15) is 0 Å². The third-order valence-corrected chi connectivity index (χ3v) is 4.15. The SMILES string of the molecule is COc1cccc(/C=C2\C(=O)NC(=O)N(c3cc(Cl)ccc3C)C2=O)c1. The van der Waals surface area contributed by atoms with E-state index in [0.29, 0.717) is 27.6 Å². The number of ether oxygens (including phenoxy) is 1. The summed E-state index contributed by atoms with van der Waals surface area (Å²) in [5.74, 6) is -0.882. The zero-order chi connectivity index (χ0) is 18.8. The third-order valence-electron chi connectivity index (χ3n) is 3.92. The molecular weight excluding hydrogens is 356 g/mol. The molecule has 0 saturated carbocycles. The Kier molecular flexibility index (Phi) is 4.77. The number of anilines is 1. The molecule has 0 spiro atoms. The monoisotopic (exact) mass is 370 g/mol. The van der Waals surface area contributed by atoms with Crippen LogP contribution in [0.2, 0.25) is 5.02 Å². The number of urea groups is 1. The van der Waals surface area contributed by atoms with Gasteiger partial charge in [0.1, 0.15) is 11.3 Å². The average molecular weight is 371 g/mol. The number of nitrogens with zero attached hydrogens (tertiary/aromatic N) is 1. The second-order valence-electron chi connectivity index (χ2n) is 5.67. The maximum Gasteiger partial charge on any atom is 0.335 e. The highest BCUT2D eigenvalue weighted by molar-refractivity contribution is 6.39. The Morgan fingerprint density at radius 3 is 2.62 bits per heavy atom. The molecule has 0 radical (unpaired) electrons. The van der Waals surface area contributed by atoms with Gasteiger partial charge in [0.05, 0.1) is 12.8 Å². The van der Waals surface area contributed by atoms with Crippen molar-refractivity contribution in [3.63, 3.8) is 0 Å². The highest BCUT2D eigenvalue weighted by atomic mass is 35.5. The van der Waals surface area contributed by atoms with Gasteiger partial charge in [0.25, 0.3) is 11.8 Å². The van der Waals surface area contributed by atoms with Crippen LogP contribution in [0.4, 0.5) is 10.5 Å². The van der Waals surface area contributed by atoms with Crippen molar-refractivity contribution in [2.75, 3.05) is 12.0 Å². The Balaban J connectivity index is 2.05. The number of hydrogen-bond donors (Lipinski definition) is 1. The number of rotatable bonds is 3. The van der Waals surface area contributed by atoms with Gasteiger partial charge in [0.2, 0.25) is 0 Å². The summed E-state index contributed by atoms with van der Waals surface area (Å²) < 4.78 is 5.14. The Labute approximate surface area is 155 Å². The number of imide groups is 2. The fraction of sp³-hybridized carbons (Fsp3) is 0.105. The molecular formula is C19H15ClN2O4. The van der Waals surface area contributed by atoms with Gasteiger partial charge in [0, 0.05) is 5.02 Å². The molecule has 2 aromatic carbocycles. The minimum Gasteiger partial charge on any atom is -0.497 e. The predicted molar refractivity (Wildman–Crippen MR) is 98.2 cm³/mol. The lowest BCUT2D eigenvalue weighted by Gasteiger charge is -2.27. The standard InChI is InChI=1S/C19H15ClN2O4/c1-11-6-7-13(20)10-16(11)22-18(24)15(17(23)21-19(22)25)9-12-4-3-5-14(8-12)26-2/h3-10H,1-2H3,(H,21,23,25)/b15-9+. The molecule has 1 fully saturated rings. The Hall–Kier alpha value is -3.12. The summed E-state index contributed by atoms with van der Waals surface area (Å²) in [6, 6.07) is 10.9. The van der Waals surface area contributed by atoms with E-state index in [0.717, 1.165) is 4.90 Å². The van der Waals surface area contributed by atoms with Crippen molar-refractivity contribution >= 4 is 41.2 Å². The van der Waals surface area contributed by atoms with Crippen molar-refractivity contribution in [3.05, 3.63) is 64.2 Å². The lowest BCUT2D eigenvalue weighted by Crippen LogP contribution is -2.54. The van der Waals surface area contributed by atoms with Crippen LogP contribution in [-0.4, -0.2) is 25.0 Å². The first-order chi connectivity index (χ1) is 12.4. The molecule has 1 heterocycles. The summed E-state index contributed by atoms with van der Waals surface area (Å²) in [4.78, 5) is 38.2. The second kappa shape index (κ2) is 7.01. The van der Waals surface area contributed by atoms with E-state index < -0.39 is 17.8 Å². The Morgan fingerprint density at radius 2 is 1.88 bits per heavy atom. The maximum atomic E-state index is 12.9. The number of methoxy groups -OCH3 is 1. The van der Waals surface area contributed by atoms with Crippen LogP contribution in [0.15, 0.2) is 48.0 Å². The van der Waals surface area contributed by atoms with Crippen LogP contribution in [0.25, 0.3) is 6.08 Å². The fourth-order valence-electron chi connectivity index (χ4n) is 2.60. The van der Waals surface area contributed by atoms with Crippen molar-refractivity contribution in [1.82, 2.24) is 5.32 Å². The number of carbonyl (C=O) groups is 3. The van der Waals surface area contributed by atoms with Crippen LogP contribution in [0.5, 0.6) is 5.75 Å². The predicted octanol–water partition coefficient (Wildman–Crippen LogP) is 3.32. The van der Waals surface area contributed by atoms with Crippen molar-refractivity contribution in [1.29, 1.82) is 0 Å². The molecule has 7 heteroatoms. The van der Waals surface area contributed by atoms with Gasteiger partial charge in [-0.3, -0.25) is 14.9 Å². The van der Waals surface area contributed by atoms with Crippen LogP contribution < -0.4 is 15.0 Å². The van der Waals surface area contributed by atoms with Crippen LogP contribution >= 0.6 is 11.6 Å². The number of benzene rings is 2. The summed E-state index contributed by atoms with van der Waals surface area (Å²) in [7, 11) is 1.52. The minimum absolute atomic E-state index is 0.155. The summed E-state index contributed by atoms with van der Waals surface area (Å²) in [6.45, 7) is 1.74. The second-order valence-corrected chi connectivity index (χ2v) is 6.10. The smallest absolute Gasteiger partial charge is 0.335 e. The van der Waals surface area contributed by atoms with E-state index in [1.165, 1.54) is 19.3 Å². The first-order valence-corrected chi connectivity index (χ1v) is 8.10. The molecule has 26 heavy (non-hydrogen) atoms. The van der Waals surface area contributed by atoms with Gasteiger partial charge in [0.15, 0.2) is 0 Å². The van der Waals surface area contributed by atoms with Gasteiger partial charge in [-0.1, -0.05) is 29.8 Å². The molecule has 1 aliphatic heterocycles. The molecule has 0 bridgehead atoms. The molecule has 1 N–H and O–H groups in total. The van der Waals surface area contributed by atoms with E-state index in [-0.39, 0.29) is 5.57 Å². The lowest BCUT2D eigenvalue weighted by molar-refractivity contribution is -0.122. The minimum atomic E-state index is -0.812. The Bertz CT molecular complexity index is 952. The Morgan fingerprint density at radius 1 is 1.12 bits per heavy atom. The van der Waals surface area contributed by atoms with Crippen LogP contribution in [0.3, 0.4) is 0 Å². The molecule has 0 aliphatic carbocycles. The maximum absolute atomic E-state index is 12.9. The first-order valence-electron chi connectivity index (χ1n) is 7.72. The summed E-state index contributed by atoms with van der Waals surface area (Å²) in [5.41, 5.74) is 1.44. The van der Waals surface area contributed by atoms with E-state index in [2.05, 4.69) is 5.32 Å². The molecule has 1 saturated heterocycles. The largest absolute Gasteiger partial charge is 0.497 e. The van der Waals surface area contributed by atoms with Crippen LogP contribution in [0.1, 0.15) is 11.1 Å².